The van der Waals surface area contributed by atoms with Gasteiger partial charge in [-0.2, -0.15) is 0 Å². The summed E-state index contributed by atoms with van der Waals surface area (Å²) in [6.07, 6.45) is -0.0939. The van der Waals surface area contributed by atoms with Crippen LogP contribution in [0.3, 0.4) is 0 Å². The van der Waals surface area contributed by atoms with E-state index in [2.05, 4.69) is 15.9 Å². The molecule has 0 heterocycles. The largest absolute Gasteiger partial charge is 0.508 e. The molecule has 8 heteroatoms. The van der Waals surface area contributed by atoms with Crippen LogP contribution in [0.25, 0.3) is 0 Å². The van der Waals surface area contributed by atoms with E-state index in [-0.39, 0.29) is 22.7 Å². The lowest BCUT2D eigenvalue weighted by Gasteiger charge is -2.11. The predicted octanol–water partition coefficient (Wildman–Crippen LogP) is 4.81. The van der Waals surface area contributed by atoms with E-state index in [4.69, 9.17) is 14.9 Å². The van der Waals surface area contributed by atoms with E-state index >= 15 is 0 Å². The van der Waals surface area contributed by atoms with Crippen LogP contribution in [0.5, 0.6) is 11.5 Å². The SMILES string of the molecule is CC(C)Oc1cc(F)c(CBr)c(F)c1.OCc1c(F)cc(O)cc1F. The van der Waals surface area contributed by atoms with E-state index in [0.29, 0.717) is 0 Å². The number of phenols is 1. The van der Waals surface area contributed by atoms with Gasteiger partial charge in [0, 0.05) is 40.7 Å². The van der Waals surface area contributed by atoms with Gasteiger partial charge in [0.1, 0.15) is 34.8 Å². The molecule has 0 atom stereocenters. The second kappa shape index (κ2) is 9.62. The van der Waals surface area contributed by atoms with Crippen LogP contribution in [0.1, 0.15) is 25.0 Å². The second-order valence-corrected chi connectivity index (χ2v) is 5.77. The van der Waals surface area contributed by atoms with Crippen molar-refractivity contribution >= 4 is 15.9 Å². The van der Waals surface area contributed by atoms with Crippen LogP contribution in [0.4, 0.5) is 17.6 Å². The molecule has 0 aliphatic heterocycles. The molecule has 0 fully saturated rings. The van der Waals surface area contributed by atoms with Crippen molar-refractivity contribution in [2.45, 2.75) is 31.9 Å². The summed E-state index contributed by atoms with van der Waals surface area (Å²) in [5.74, 6) is -3.32. The minimum atomic E-state index is -0.940. The molecule has 2 aromatic rings. The number of aliphatic hydroxyl groups excluding tert-OH is 1. The van der Waals surface area contributed by atoms with Crippen LogP contribution in [-0.4, -0.2) is 16.3 Å². The van der Waals surface area contributed by atoms with Crippen LogP contribution in [-0.2, 0) is 11.9 Å². The number of phenolic OH excluding ortho intramolecular Hbond substituents is 1. The zero-order chi connectivity index (χ0) is 19.1. The summed E-state index contributed by atoms with van der Waals surface area (Å²) in [5.41, 5.74) is -0.399. The molecular weight excluding hydrogens is 408 g/mol. The summed E-state index contributed by atoms with van der Waals surface area (Å²) in [5, 5.41) is 17.2. The maximum Gasteiger partial charge on any atom is 0.135 e. The molecule has 0 spiro atoms. The van der Waals surface area contributed by atoms with Gasteiger partial charge >= 0.3 is 0 Å². The number of aromatic hydroxyl groups is 1. The zero-order valence-corrected chi connectivity index (χ0v) is 15.1. The molecule has 0 aromatic heterocycles. The average molecular weight is 425 g/mol. The molecule has 0 amide bonds. The minimum Gasteiger partial charge on any atom is -0.508 e. The Hall–Kier alpha value is -1.80. The molecule has 138 valence electrons. The highest BCUT2D eigenvalue weighted by atomic mass is 79.9. The van der Waals surface area contributed by atoms with Gasteiger partial charge in [0.2, 0.25) is 0 Å². The molecule has 0 aliphatic rings. The smallest absolute Gasteiger partial charge is 0.135 e. The third-order valence-corrected chi connectivity index (χ3v) is 3.46. The van der Waals surface area contributed by atoms with Crippen molar-refractivity contribution in [2.24, 2.45) is 0 Å². The van der Waals surface area contributed by atoms with E-state index in [0.717, 1.165) is 12.1 Å². The van der Waals surface area contributed by atoms with Gasteiger partial charge in [-0.1, -0.05) is 15.9 Å². The summed E-state index contributed by atoms with van der Waals surface area (Å²) in [4.78, 5) is 0. The lowest BCUT2D eigenvalue weighted by Crippen LogP contribution is -2.06. The highest BCUT2D eigenvalue weighted by molar-refractivity contribution is 9.08. The number of aliphatic hydroxyl groups is 1. The monoisotopic (exact) mass is 424 g/mol. The van der Waals surface area contributed by atoms with E-state index < -0.39 is 41.2 Å². The highest BCUT2D eigenvalue weighted by Gasteiger charge is 2.11. The van der Waals surface area contributed by atoms with Crippen LogP contribution in [0, 0.1) is 23.3 Å². The minimum absolute atomic E-state index is 0.0288. The van der Waals surface area contributed by atoms with Crippen molar-refractivity contribution in [1.29, 1.82) is 0 Å². The van der Waals surface area contributed by atoms with Crippen molar-refractivity contribution in [2.75, 3.05) is 0 Å². The van der Waals surface area contributed by atoms with Crippen molar-refractivity contribution in [3.05, 3.63) is 58.7 Å². The van der Waals surface area contributed by atoms with Gasteiger partial charge in [0.15, 0.2) is 0 Å². The summed E-state index contributed by atoms with van der Waals surface area (Å²) in [6.45, 7) is 2.89. The number of rotatable bonds is 4. The molecule has 25 heavy (non-hydrogen) atoms. The zero-order valence-electron chi connectivity index (χ0n) is 13.5. The molecule has 0 aliphatic carbocycles. The number of benzene rings is 2. The first-order valence-electron chi connectivity index (χ1n) is 7.17. The van der Waals surface area contributed by atoms with Gasteiger partial charge in [0.05, 0.1) is 12.7 Å². The summed E-state index contributed by atoms with van der Waals surface area (Å²) < 4.78 is 56.7. The number of halogens is 5. The molecule has 2 aromatic carbocycles. The Kier molecular flexibility index (Phi) is 8.18. The van der Waals surface area contributed by atoms with Crippen LogP contribution < -0.4 is 4.74 Å². The Balaban J connectivity index is 0.000000257. The van der Waals surface area contributed by atoms with Crippen LogP contribution in [0.15, 0.2) is 24.3 Å². The van der Waals surface area contributed by atoms with Crippen molar-refractivity contribution in [3.8, 4) is 11.5 Å². The molecular formula is C17H17BrF4O3. The van der Waals surface area contributed by atoms with Crippen molar-refractivity contribution < 1.29 is 32.5 Å². The third kappa shape index (κ3) is 6.21. The molecule has 2 N–H and O–H groups in total. The Labute approximate surface area is 151 Å². The third-order valence-electron chi connectivity index (χ3n) is 2.90. The average Bonchev–Trinajstić information content (AvgIpc) is 2.46. The maximum atomic E-state index is 13.2. The first-order chi connectivity index (χ1) is 11.7. The van der Waals surface area contributed by atoms with Gasteiger partial charge in [-0.05, 0) is 13.8 Å². The van der Waals surface area contributed by atoms with Gasteiger partial charge < -0.3 is 14.9 Å². The van der Waals surface area contributed by atoms with Gasteiger partial charge in [0.25, 0.3) is 0 Å². The molecule has 0 saturated heterocycles. The van der Waals surface area contributed by atoms with E-state index in [1.54, 1.807) is 13.8 Å². The number of ether oxygens (including phenoxy) is 1. The lowest BCUT2D eigenvalue weighted by molar-refractivity contribution is 0.240. The first kappa shape index (κ1) is 21.2. The summed E-state index contributed by atoms with van der Waals surface area (Å²) in [6, 6.07) is 3.88. The van der Waals surface area contributed by atoms with Gasteiger partial charge in [-0.15, -0.1) is 0 Å². The summed E-state index contributed by atoms with van der Waals surface area (Å²) in [7, 11) is 0. The Bertz CT molecular complexity index is 677. The standard InChI is InChI=1S/C10H11BrF2O.C7H6F2O2/c1-6(2)14-7-3-9(12)8(5-11)10(13)4-7;8-6-1-4(11)2-7(9)5(6)3-10/h3-4,6H,5H2,1-2H3;1-2,10-11H,3H2. The fraction of sp³-hybridized carbons (Fsp3) is 0.294. The topological polar surface area (TPSA) is 49.7 Å². The molecule has 0 unspecified atom stereocenters. The molecule has 3 nitrogen and oxygen atoms in total. The maximum absolute atomic E-state index is 13.2. The number of hydrogen-bond donors (Lipinski definition) is 2. The van der Waals surface area contributed by atoms with Crippen molar-refractivity contribution in [3.63, 3.8) is 0 Å². The predicted molar refractivity (Wildman–Crippen MR) is 88.7 cm³/mol. The Morgan fingerprint density at radius 3 is 1.72 bits per heavy atom. The summed E-state index contributed by atoms with van der Waals surface area (Å²) >= 11 is 3.01. The molecule has 0 saturated carbocycles. The van der Waals surface area contributed by atoms with E-state index in [1.165, 1.54) is 12.1 Å². The Morgan fingerprint density at radius 2 is 1.36 bits per heavy atom. The quantitative estimate of drug-likeness (QED) is 0.546. The normalized spacial score (nSPS) is 10.4. The molecule has 0 bridgehead atoms. The van der Waals surface area contributed by atoms with Crippen molar-refractivity contribution in [1.82, 2.24) is 0 Å². The van der Waals surface area contributed by atoms with Crippen LogP contribution in [0.2, 0.25) is 0 Å². The van der Waals surface area contributed by atoms with Crippen LogP contribution >= 0.6 is 15.9 Å². The first-order valence-corrected chi connectivity index (χ1v) is 8.30. The Morgan fingerprint density at radius 1 is 0.920 bits per heavy atom. The fourth-order valence-electron chi connectivity index (χ4n) is 1.79. The number of hydrogen-bond acceptors (Lipinski definition) is 3. The van der Waals surface area contributed by atoms with E-state index in [9.17, 15) is 17.6 Å². The highest BCUT2D eigenvalue weighted by Crippen LogP contribution is 2.23. The number of alkyl halides is 1. The fourth-order valence-corrected chi connectivity index (χ4v) is 2.32. The lowest BCUT2D eigenvalue weighted by atomic mass is 10.2. The van der Waals surface area contributed by atoms with Gasteiger partial charge in [-0.25, -0.2) is 17.6 Å². The molecule has 0 radical (unpaired) electrons. The second-order valence-electron chi connectivity index (χ2n) is 5.21. The van der Waals surface area contributed by atoms with E-state index in [1.807, 2.05) is 0 Å². The van der Waals surface area contributed by atoms with Gasteiger partial charge in [-0.3, -0.25) is 0 Å². The molecule has 2 rings (SSSR count).